The quantitative estimate of drug-likeness (QED) is 0.534. The first-order valence-corrected chi connectivity index (χ1v) is 11.8. The summed E-state index contributed by atoms with van der Waals surface area (Å²) < 4.78 is 32.8. The summed E-state index contributed by atoms with van der Waals surface area (Å²) in [5.41, 5.74) is 3.98. The number of hydrogen-bond donors (Lipinski definition) is 1. The maximum Gasteiger partial charge on any atom is 0.255 e. The molecule has 0 heterocycles. The Balaban J connectivity index is 1.87. The standard InChI is InChI=1S/C25H28N2O4S/c1-5-31-24-14-12-20(25(28)26-22-13-11-18(2)19(3)15-22)16-21(24)17-27(4)32(29,30)23-9-7-6-8-10-23/h6-16H,5,17H2,1-4H3,(H,26,28). The predicted octanol–water partition coefficient (Wildman–Crippen LogP) is 4.78. The van der Waals surface area contributed by atoms with E-state index in [0.717, 1.165) is 11.1 Å². The summed E-state index contributed by atoms with van der Waals surface area (Å²) >= 11 is 0. The number of nitrogens with zero attached hydrogens (tertiary/aromatic N) is 1. The molecule has 3 aromatic carbocycles. The molecule has 6 nitrogen and oxygen atoms in total. The Kier molecular flexibility index (Phi) is 7.33. The van der Waals surface area contributed by atoms with Gasteiger partial charge in [0.15, 0.2) is 0 Å². The van der Waals surface area contributed by atoms with E-state index in [0.29, 0.717) is 29.2 Å². The van der Waals surface area contributed by atoms with E-state index in [1.807, 2.05) is 39.0 Å². The van der Waals surface area contributed by atoms with Gasteiger partial charge in [-0.25, -0.2) is 8.42 Å². The highest BCUT2D eigenvalue weighted by molar-refractivity contribution is 7.89. The smallest absolute Gasteiger partial charge is 0.255 e. The summed E-state index contributed by atoms with van der Waals surface area (Å²) in [4.78, 5) is 13.1. The fourth-order valence-corrected chi connectivity index (χ4v) is 4.43. The first-order chi connectivity index (χ1) is 15.2. The Bertz CT molecular complexity index is 1210. The molecule has 0 saturated heterocycles. The van der Waals surface area contributed by atoms with Gasteiger partial charge in [-0.1, -0.05) is 24.3 Å². The van der Waals surface area contributed by atoms with Crippen molar-refractivity contribution in [3.05, 3.63) is 89.0 Å². The molecule has 0 aliphatic rings. The molecule has 0 bridgehead atoms. The monoisotopic (exact) mass is 452 g/mol. The number of benzene rings is 3. The van der Waals surface area contributed by atoms with Crippen LogP contribution < -0.4 is 10.1 Å². The van der Waals surface area contributed by atoms with Gasteiger partial charge in [0.05, 0.1) is 11.5 Å². The molecular formula is C25H28N2O4S. The van der Waals surface area contributed by atoms with Crippen molar-refractivity contribution in [3.63, 3.8) is 0 Å². The maximum absolute atomic E-state index is 12.9. The molecule has 3 rings (SSSR count). The second kappa shape index (κ2) is 9.97. The van der Waals surface area contributed by atoms with Crippen molar-refractivity contribution in [1.29, 1.82) is 0 Å². The van der Waals surface area contributed by atoms with Gasteiger partial charge in [-0.2, -0.15) is 4.31 Å². The number of carbonyl (C=O) groups excluding carboxylic acids is 1. The van der Waals surface area contributed by atoms with Crippen molar-refractivity contribution in [2.75, 3.05) is 19.0 Å². The minimum atomic E-state index is -3.68. The van der Waals surface area contributed by atoms with Gasteiger partial charge in [-0.3, -0.25) is 4.79 Å². The lowest BCUT2D eigenvalue weighted by atomic mass is 10.1. The summed E-state index contributed by atoms with van der Waals surface area (Å²) in [6.45, 7) is 6.35. The molecule has 1 amide bonds. The molecular weight excluding hydrogens is 424 g/mol. The van der Waals surface area contributed by atoms with Gasteiger partial charge in [0.1, 0.15) is 5.75 Å². The summed E-state index contributed by atoms with van der Waals surface area (Å²) in [6.07, 6.45) is 0. The van der Waals surface area contributed by atoms with Gasteiger partial charge < -0.3 is 10.1 Å². The SMILES string of the molecule is CCOc1ccc(C(=O)Nc2ccc(C)c(C)c2)cc1CN(C)S(=O)(=O)c1ccccc1. The van der Waals surface area contributed by atoms with E-state index < -0.39 is 10.0 Å². The zero-order chi connectivity index (χ0) is 23.3. The van der Waals surface area contributed by atoms with Crippen LogP contribution in [0.2, 0.25) is 0 Å². The number of aryl methyl sites for hydroxylation is 2. The van der Waals surface area contributed by atoms with E-state index in [4.69, 9.17) is 4.74 Å². The number of rotatable bonds is 8. The summed E-state index contributed by atoms with van der Waals surface area (Å²) in [7, 11) is -2.17. The molecule has 0 unspecified atom stereocenters. The molecule has 0 spiro atoms. The van der Waals surface area contributed by atoms with Crippen LogP contribution in [0.1, 0.15) is 34.0 Å². The Labute approximate surface area is 189 Å². The van der Waals surface area contributed by atoms with Crippen LogP contribution in [0.5, 0.6) is 5.75 Å². The normalized spacial score (nSPS) is 11.4. The first-order valence-electron chi connectivity index (χ1n) is 10.4. The average molecular weight is 453 g/mol. The van der Waals surface area contributed by atoms with Gasteiger partial charge in [0, 0.05) is 30.4 Å². The van der Waals surface area contributed by atoms with Crippen LogP contribution in [0.15, 0.2) is 71.6 Å². The summed E-state index contributed by atoms with van der Waals surface area (Å²) in [5, 5.41) is 2.90. The highest BCUT2D eigenvalue weighted by Crippen LogP contribution is 2.25. The van der Waals surface area contributed by atoms with Crippen molar-refractivity contribution >= 4 is 21.6 Å². The van der Waals surface area contributed by atoms with Crippen molar-refractivity contribution in [2.45, 2.75) is 32.2 Å². The molecule has 0 atom stereocenters. The van der Waals surface area contributed by atoms with E-state index in [1.54, 1.807) is 48.5 Å². The minimum absolute atomic E-state index is 0.0668. The third-order valence-corrected chi connectivity index (χ3v) is 7.05. The molecule has 0 aliphatic carbocycles. The van der Waals surface area contributed by atoms with Crippen LogP contribution in [0.4, 0.5) is 5.69 Å². The van der Waals surface area contributed by atoms with Gasteiger partial charge in [0.25, 0.3) is 5.91 Å². The van der Waals surface area contributed by atoms with Gasteiger partial charge in [-0.05, 0) is 74.4 Å². The largest absolute Gasteiger partial charge is 0.494 e. The third-order valence-electron chi connectivity index (χ3n) is 5.23. The van der Waals surface area contributed by atoms with Crippen molar-refractivity contribution in [1.82, 2.24) is 4.31 Å². The van der Waals surface area contributed by atoms with E-state index in [9.17, 15) is 13.2 Å². The highest BCUT2D eigenvalue weighted by atomic mass is 32.2. The number of anilines is 1. The molecule has 0 radical (unpaired) electrons. The topological polar surface area (TPSA) is 75.7 Å². The van der Waals surface area contributed by atoms with Crippen LogP contribution in [0.3, 0.4) is 0 Å². The zero-order valence-electron chi connectivity index (χ0n) is 18.8. The van der Waals surface area contributed by atoms with Crippen molar-refractivity contribution in [3.8, 4) is 5.75 Å². The predicted molar refractivity (Wildman–Crippen MR) is 127 cm³/mol. The second-order valence-corrected chi connectivity index (χ2v) is 9.63. The van der Waals surface area contributed by atoms with Crippen LogP contribution >= 0.6 is 0 Å². The lowest BCUT2D eigenvalue weighted by Crippen LogP contribution is -2.27. The van der Waals surface area contributed by atoms with Crippen LogP contribution in [0.25, 0.3) is 0 Å². The Morgan fingerprint density at radius 1 is 0.969 bits per heavy atom. The van der Waals surface area contributed by atoms with Crippen LogP contribution in [-0.4, -0.2) is 32.3 Å². The lowest BCUT2D eigenvalue weighted by molar-refractivity contribution is 0.102. The van der Waals surface area contributed by atoms with Crippen molar-refractivity contribution < 1.29 is 17.9 Å². The number of amides is 1. The minimum Gasteiger partial charge on any atom is -0.494 e. The first kappa shape index (κ1) is 23.5. The Morgan fingerprint density at radius 3 is 2.34 bits per heavy atom. The van der Waals surface area contributed by atoms with Crippen molar-refractivity contribution in [2.24, 2.45) is 0 Å². The molecule has 3 aromatic rings. The molecule has 0 fully saturated rings. The number of ether oxygens (including phenoxy) is 1. The van der Waals surface area contributed by atoms with E-state index >= 15 is 0 Å². The third kappa shape index (κ3) is 5.36. The average Bonchev–Trinajstić information content (AvgIpc) is 2.78. The Morgan fingerprint density at radius 2 is 1.69 bits per heavy atom. The van der Waals surface area contributed by atoms with Gasteiger partial charge in [0.2, 0.25) is 10.0 Å². The summed E-state index contributed by atoms with van der Waals surface area (Å²) in [6, 6.07) is 19.0. The lowest BCUT2D eigenvalue weighted by Gasteiger charge is -2.20. The second-order valence-electron chi connectivity index (χ2n) is 7.58. The molecule has 168 valence electrons. The fraction of sp³-hybridized carbons (Fsp3) is 0.240. The van der Waals surface area contributed by atoms with Gasteiger partial charge >= 0.3 is 0 Å². The number of hydrogen-bond acceptors (Lipinski definition) is 4. The zero-order valence-corrected chi connectivity index (χ0v) is 19.6. The van der Waals surface area contributed by atoms with E-state index in [-0.39, 0.29) is 17.3 Å². The van der Waals surface area contributed by atoms with E-state index in [2.05, 4.69) is 5.32 Å². The molecule has 0 saturated carbocycles. The highest BCUT2D eigenvalue weighted by Gasteiger charge is 2.22. The maximum atomic E-state index is 12.9. The summed E-state index contributed by atoms with van der Waals surface area (Å²) in [5.74, 6) is 0.275. The number of carbonyl (C=O) groups is 1. The molecule has 1 N–H and O–H groups in total. The molecule has 7 heteroatoms. The Hall–Kier alpha value is -3.16. The molecule has 0 aliphatic heterocycles. The van der Waals surface area contributed by atoms with E-state index in [1.165, 1.54) is 11.4 Å². The molecule has 32 heavy (non-hydrogen) atoms. The number of sulfonamides is 1. The fourth-order valence-electron chi connectivity index (χ4n) is 3.26. The molecule has 0 aromatic heterocycles. The van der Waals surface area contributed by atoms with Crippen LogP contribution in [0, 0.1) is 13.8 Å². The number of nitrogens with one attached hydrogen (secondary N) is 1. The van der Waals surface area contributed by atoms with Gasteiger partial charge in [-0.15, -0.1) is 0 Å². The van der Waals surface area contributed by atoms with Crippen LogP contribution in [-0.2, 0) is 16.6 Å².